The average molecular weight is 217 g/mol. The summed E-state index contributed by atoms with van der Waals surface area (Å²) < 4.78 is 0. The van der Waals surface area contributed by atoms with E-state index in [2.05, 4.69) is 56.9 Å². The molecular formula is C15H23N. The third kappa shape index (κ3) is 4.19. The van der Waals surface area contributed by atoms with Crippen LogP contribution >= 0.6 is 0 Å². The smallest absolute Gasteiger partial charge is 0.0294 e. The van der Waals surface area contributed by atoms with Crippen LogP contribution in [-0.2, 0) is 0 Å². The summed E-state index contributed by atoms with van der Waals surface area (Å²) in [6, 6.07) is 9.64. The molecule has 0 fully saturated rings. The first-order valence-electron chi connectivity index (χ1n) is 6.07. The Morgan fingerprint density at radius 3 is 2.75 bits per heavy atom. The fourth-order valence-electron chi connectivity index (χ4n) is 1.91. The van der Waals surface area contributed by atoms with Gasteiger partial charge in [-0.2, -0.15) is 0 Å². The van der Waals surface area contributed by atoms with Gasteiger partial charge in [0.1, 0.15) is 0 Å². The number of hydrogen-bond acceptors (Lipinski definition) is 1. The molecule has 0 saturated carbocycles. The van der Waals surface area contributed by atoms with Crippen molar-refractivity contribution in [2.45, 2.75) is 45.7 Å². The van der Waals surface area contributed by atoms with Crippen LogP contribution in [0.25, 0.3) is 0 Å². The zero-order valence-corrected chi connectivity index (χ0v) is 10.7. The standard InChI is InChI=1S/C15H23N/c1-5-6-9-13(3)16-14(4)15-10-7-8-12(2)11-15/h5,7-8,10-11,13-14,16H,1,6,9H2,2-4H3/t13?,14-/m1/s1. The summed E-state index contributed by atoms with van der Waals surface area (Å²) in [4.78, 5) is 0. The summed E-state index contributed by atoms with van der Waals surface area (Å²) in [7, 11) is 0. The third-order valence-corrected chi connectivity index (χ3v) is 2.88. The molecule has 1 nitrogen and oxygen atoms in total. The van der Waals surface area contributed by atoms with Crippen molar-refractivity contribution in [3.8, 4) is 0 Å². The molecule has 0 aliphatic rings. The van der Waals surface area contributed by atoms with Gasteiger partial charge in [0.15, 0.2) is 0 Å². The van der Waals surface area contributed by atoms with Gasteiger partial charge >= 0.3 is 0 Å². The molecule has 0 bridgehead atoms. The largest absolute Gasteiger partial charge is 0.308 e. The van der Waals surface area contributed by atoms with Crippen LogP contribution in [0.15, 0.2) is 36.9 Å². The van der Waals surface area contributed by atoms with Crippen LogP contribution in [0.5, 0.6) is 0 Å². The van der Waals surface area contributed by atoms with Crippen molar-refractivity contribution < 1.29 is 0 Å². The van der Waals surface area contributed by atoms with E-state index in [1.807, 2.05) is 6.08 Å². The van der Waals surface area contributed by atoms with E-state index in [1.54, 1.807) is 0 Å². The van der Waals surface area contributed by atoms with Gasteiger partial charge in [0.25, 0.3) is 0 Å². The molecule has 0 heterocycles. The van der Waals surface area contributed by atoms with E-state index in [-0.39, 0.29) is 0 Å². The van der Waals surface area contributed by atoms with Crippen LogP contribution in [0.3, 0.4) is 0 Å². The van der Waals surface area contributed by atoms with E-state index in [1.165, 1.54) is 11.1 Å². The molecule has 2 atom stereocenters. The summed E-state index contributed by atoms with van der Waals surface area (Å²) in [5.74, 6) is 0. The van der Waals surface area contributed by atoms with E-state index in [0.717, 1.165) is 12.8 Å². The highest BCUT2D eigenvalue weighted by molar-refractivity contribution is 5.24. The lowest BCUT2D eigenvalue weighted by Gasteiger charge is -2.20. The van der Waals surface area contributed by atoms with Crippen molar-refractivity contribution in [2.75, 3.05) is 0 Å². The van der Waals surface area contributed by atoms with E-state index >= 15 is 0 Å². The summed E-state index contributed by atoms with van der Waals surface area (Å²) in [5, 5.41) is 3.61. The van der Waals surface area contributed by atoms with Crippen molar-refractivity contribution in [1.29, 1.82) is 0 Å². The fraction of sp³-hybridized carbons (Fsp3) is 0.467. The molecule has 0 radical (unpaired) electrons. The van der Waals surface area contributed by atoms with Gasteiger partial charge in [-0.15, -0.1) is 6.58 Å². The highest BCUT2D eigenvalue weighted by atomic mass is 14.9. The van der Waals surface area contributed by atoms with Crippen LogP contribution in [0, 0.1) is 6.92 Å². The minimum absolute atomic E-state index is 0.416. The molecule has 1 aromatic carbocycles. The molecule has 1 heteroatoms. The van der Waals surface area contributed by atoms with Crippen molar-refractivity contribution >= 4 is 0 Å². The Bertz CT molecular complexity index is 330. The average Bonchev–Trinajstić information content (AvgIpc) is 2.26. The van der Waals surface area contributed by atoms with Gasteiger partial charge in [-0.05, 0) is 39.2 Å². The number of hydrogen-bond donors (Lipinski definition) is 1. The molecule has 1 aromatic rings. The van der Waals surface area contributed by atoms with E-state index in [9.17, 15) is 0 Å². The monoisotopic (exact) mass is 217 g/mol. The second-order valence-corrected chi connectivity index (χ2v) is 4.57. The molecule has 1 unspecified atom stereocenters. The minimum Gasteiger partial charge on any atom is -0.308 e. The summed E-state index contributed by atoms with van der Waals surface area (Å²) in [6.07, 6.45) is 4.21. The third-order valence-electron chi connectivity index (χ3n) is 2.88. The zero-order chi connectivity index (χ0) is 12.0. The minimum atomic E-state index is 0.416. The molecule has 0 aliphatic heterocycles. The lowest BCUT2D eigenvalue weighted by molar-refractivity contribution is 0.459. The molecule has 16 heavy (non-hydrogen) atoms. The Labute approximate surface area is 99.6 Å². The maximum atomic E-state index is 3.75. The molecule has 0 aliphatic carbocycles. The molecule has 1 rings (SSSR count). The predicted molar refractivity (Wildman–Crippen MR) is 71.6 cm³/mol. The van der Waals surface area contributed by atoms with E-state index < -0.39 is 0 Å². The highest BCUT2D eigenvalue weighted by Gasteiger charge is 2.08. The number of benzene rings is 1. The van der Waals surface area contributed by atoms with Gasteiger partial charge in [-0.1, -0.05) is 35.9 Å². The highest BCUT2D eigenvalue weighted by Crippen LogP contribution is 2.15. The SMILES string of the molecule is C=CCCC(C)N[C@H](C)c1cccc(C)c1. The first kappa shape index (κ1) is 13.0. The summed E-state index contributed by atoms with van der Waals surface area (Å²) in [6.45, 7) is 10.3. The Morgan fingerprint density at radius 2 is 2.12 bits per heavy atom. The van der Waals surface area contributed by atoms with Gasteiger partial charge in [-0.25, -0.2) is 0 Å². The number of nitrogens with one attached hydrogen (secondary N) is 1. The van der Waals surface area contributed by atoms with Crippen molar-refractivity contribution in [3.63, 3.8) is 0 Å². The lowest BCUT2D eigenvalue weighted by atomic mass is 10.0. The molecule has 0 amide bonds. The van der Waals surface area contributed by atoms with Crippen LogP contribution in [0.4, 0.5) is 0 Å². The van der Waals surface area contributed by atoms with Crippen LogP contribution in [0.1, 0.15) is 43.9 Å². The molecule has 1 N–H and O–H groups in total. The second kappa shape index (κ2) is 6.49. The Balaban J connectivity index is 2.51. The molecule has 88 valence electrons. The van der Waals surface area contributed by atoms with Gasteiger partial charge < -0.3 is 5.32 Å². The molecule has 0 aromatic heterocycles. The van der Waals surface area contributed by atoms with E-state index in [4.69, 9.17) is 0 Å². The first-order valence-corrected chi connectivity index (χ1v) is 6.07. The van der Waals surface area contributed by atoms with Crippen LogP contribution in [0.2, 0.25) is 0 Å². The Kier molecular flexibility index (Phi) is 5.27. The number of allylic oxidation sites excluding steroid dienone is 1. The van der Waals surface area contributed by atoms with Gasteiger partial charge in [0, 0.05) is 12.1 Å². The molecular weight excluding hydrogens is 194 g/mol. The van der Waals surface area contributed by atoms with Crippen molar-refractivity contribution in [2.24, 2.45) is 0 Å². The first-order chi connectivity index (χ1) is 7.63. The quantitative estimate of drug-likeness (QED) is 0.710. The predicted octanol–water partition coefficient (Wildman–Crippen LogP) is 4.00. The maximum Gasteiger partial charge on any atom is 0.0294 e. The van der Waals surface area contributed by atoms with Crippen LogP contribution in [-0.4, -0.2) is 6.04 Å². The van der Waals surface area contributed by atoms with Crippen molar-refractivity contribution in [1.82, 2.24) is 5.32 Å². The number of rotatable bonds is 6. The normalized spacial score (nSPS) is 14.4. The summed E-state index contributed by atoms with van der Waals surface area (Å²) in [5.41, 5.74) is 2.69. The summed E-state index contributed by atoms with van der Waals surface area (Å²) >= 11 is 0. The Hall–Kier alpha value is -1.08. The molecule has 0 saturated heterocycles. The fourth-order valence-corrected chi connectivity index (χ4v) is 1.91. The topological polar surface area (TPSA) is 12.0 Å². The lowest BCUT2D eigenvalue weighted by Crippen LogP contribution is -2.28. The molecule has 0 spiro atoms. The number of aryl methyl sites for hydroxylation is 1. The zero-order valence-electron chi connectivity index (χ0n) is 10.7. The van der Waals surface area contributed by atoms with Gasteiger partial charge in [-0.3, -0.25) is 0 Å². The van der Waals surface area contributed by atoms with Crippen LogP contribution < -0.4 is 5.32 Å². The van der Waals surface area contributed by atoms with E-state index in [0.29, 0.717) is 12.1 Å². The van der Waals surface area contributed by atoms with Gasteiger partial charge in [0.05, 0.1) is 0 Å². The van der Waals surface area contributed by atoms with Crippen molar-refractivity contribution in [3.05, 3.63) is 48.0 Å². The maximum absolute atomic E-state index is 3.75. The Morgan fingerprint density at radius 1 is 1.38 bits per heavy atom. The second-order valence-electron chi connectivity index (χ2n) is 4.57. The van der Waals surface area contributed by atoms with Gasteiger partial charge in [0.2, 0.25) is 0 Å².